The van der Waals surface area contributed by atoms with Crippen molar-refractivity contribution >= 4 is 34.2 Å². The number of para-hydroxylation sites is 1. The van der Waals surface area contributed by atoms with Crippen LogP contribution in [0.5, 0.6) is 11.5 Å². The maximum Gasteiger partial charge on any atom is 0.343 e. The topological polar surface area (TPSA) is 48.7 Å². The fraction of sp³-hybridized carbons (Fsp3) is 0.125. The van der Waals surface area contributed by atoms with Crippen molar-refractivity contribution in [2.24, 2.45) is 0 Å². The van der Waals surface area contributed by atoms with Crippen LogP contribution in [0.4, 0.5) is 4.39 Å². The average Bonchev–Trinajstić information content (AvgIpc) is 2.75. The molecule has 2 aliphatic rings. The molecule has 0 N–H and O–H groups in total. The third-order valence-electron chi connectivity index (χ3n) is 5.85. The van der Waals surface area contributed by atoms with Crippen molar-refractivity contribution in [3.63, 3.8) is 0 Å². The predicted molar refractivity (Wildman–Crippen MR) is 115 cm³/mol. The number of rotatable bonds is 1. The van der Waals surface area contributed by atoms with Crippen LogP contribution in [0.2, 0.25) is 10.0 Å². The molecule has 0 saturated heterocycles. The Hall–Kier alpha value is -3.02. The largest absolute Gasteiger partial charge is 0.447 e. The molecule has 0 spiro atoms. The molecule has 31 heavy (non-hydrogen) atoms. The van der Waals surface area contributed by atoms with Gasteiger partial charge in [0.05, 0.1) is 16.0 Å². The Bertz CT molecular complexity index is 1430. The fourth-order valence-electron chi connectivity index (χ4n) is 4.50. The summed E-state index contributed by atoms with van der Waals surface area (Å²) in [5.74, 6) is -1.35. The van der Waals surface area contributed by atoms with Gasteiger partial charge in [-0.3, -0.25) is 0 Å². The molecule has 0 aliphatic carbocycles. The van der Waals surface area contributed by atoms with Crippen molar-refractivity contribution in [2.45, 2.75) is 18.1 Å². The van der Waals surface area contributed by atoms with E-state index in [1.54, 1.807) is 36.4 Å². The number of benzene rings is 3. The van der Waals surface area contributed by atoms with Crippen LogP contribution in [-0.2, 0) is 5.79 Å². The molecule has 4 nitrogen and oxygen atoms in total. The van der Waals surface area contributed by atoms with Crippen LogP contribution in [0.3, 0.4) is 0 Å². The standard InChI is InChI=1S/C24H13Cl2FO4/c25-13-9-16-17-11-24(30-21(16)18(26)10-13,12-5-7-14(27)8-6-12)31-22-15-3-1-2-4-19(15)29-23(28)20(17)22/h1-10,17H,11H2/t17-,24-/m0/s1. The van der Waals surface area contributed by atoms with Gasteiger partial charge in [-0.15, -0.1) is 0 Å². The smallest absolute Gasteiger partial charge is 0.343 e. The van der Waals surface area contributed by atoms with E-state index in [1.165, 1.54) is 12.1 Å². The summed E-state index contributed by atoms with van der Waals surface area (Å²) in [6.45, 7) is 0. The molecule has 3 aromatic carbocycles. The maximum atomic E-state index is 13.6. The summed E-state index contributed by atoms with van der Waals surface area (Å²) in [5, 5.41) is 1.38. The van der Waals surface area contributed by atoms with Gasteiger partial charge >= 0.3 is 5.63 Å². The van der Waals surface area contributed by atoms with Gasteiger partial charge in [0.1, 0.15) is 22.9 Å². The summed E-state index contributed by atoms with van der Waals surface area (Å²) in [7, 11) is 0. The fourth-order valence-corrected chi connectivity index (χ4v) is 5.05. The van der Waals surface area contributed by atoms with Crippen molar-refractivity contribution in [1.29, 1.82) is 0 Å². The number of ether oxygens (including phenoxy) is 2. The molecule has 0 radical (unpaired) electrons. The number of halogens is 3. The Kier molecular flexibility index (Phi) is 3.92. The van der Waals surface area contributed by atoms with Crippen molar-refractivity contribution in [3.05, 3.63) is 104 Å². The molecule has 154 valence electrons. The first-order valence-electron chi connectivity index (χ1n) is 9.64. The molecule has 7 heteroatoms. The van der Waals surface area contributed by atoms with E-state index in [0.29, 0.717) is 49.2 Å². The first-order valence-corrected chi connectivity index (χ1v) is 10.4. The van der Waals surface area contributed by atoms with Gasteiger partial charge in [-0.05, 0) is 48.5 Å². The summed E-state index contributed by atoms with van der Waals surface area (Å²) >= 11 is 12.7. The quantitative estimate of drug-likeness (QED) is 0.312. The van der Waals surface area contributed by atoms with Crippen molar-refractivity contribution < 1.29 is 18.3 Å². The average molecular weight is 455 g/mol. The van der Waals surface area contributed by atoms with E-state index < -0.39 is 17.3 Å². The summed E-state index contributed by atoms with van der Waals surface area (Å²) in [4.78, 5) is 13.0. The normalized spacial score (nSPS) is 21.1. The highest BCUT2D eigenvalue weighted by atomic mass is 35.5. The molecular weight excluding hydrogens is 442 g/mol. The highest BCUT2D eigenvalue weighted by molar-refractivity contribution is 6.35. The molecule has 0 fully saturated rings. The second kappa shape index (κ2) is 6.49. The Morgan fingerprint density at radius 2 is 1.71 bits per heavy atom. The van der Waals surface area contributed by atoms with Gasteiger partial charge in [0.15, 0.2) is 0 Å². The first kappa shape index (κ1) is 18.7. The van der Waals surface area contributed by atoms with Gasteiger partial charge < -0.3 is 13.9 Å². The molecule has 2 bridgehead atoms. The second-order valence-electron chi connectivity index (χ2n) is 7.66. The minimum atomic E-state index is -1.30. The maximum absolute atomic E-state index is 13.6. The van der Waals surface area contributed by atoms with Crippen LogP contribution >= 0.6 is 23.2 Å². The highest BCUT2D eigenvalue weighted by Gasteiger charge is 2.52. The zero-order valence-electron chi connectivity index (χ0n) is 15.8. The van der Waals surface area contributed by atoms with Gasteiger partial charge in [0, 0.05) is 28.5 Å². The van der Waals surface area contributed by atoms with Crippen molar-refractivity contribution in [2.75, 3.05) is 0 Å². The Balaban J connectivity index is 1.71. The summed E-state index contributed by atoms with van der Waals surface area (Å²) in [6.07, 6.45) is 0.276. The van der Waals surface area contributed by atoms with Gasteiger partial charge in [0.25, 0.3) is 5.79 Å². The molecular formula is C24H13Cl2FO4. The van der Waals surface area contributed by atoms with E-state index >= 15 is 0 Å². The Morgan fingerprint density at radius 1 is 0.968 bits per heavy atom. The molecule has 0 amide bonds. The number of hydrogen-bond acceptors (Lipinski definition) is 4. The third-order valence-corrected chi connectivity index (χ3v) is 6.35. The van der Waals surface area contributed by atoms with Crippen LogP contribution in [0.25, 0.3) is 11.0 Å². The Morgan fingerprint density at radius 3 is 2.52 bits per heavy atom. The predicted octanol–water partition coefficient (Wildman–Crippen LogP) is 6.40. The van der Waals surface area contributed by atoms with Crippen LogP contribution in [-0.4, -0.2) is 0 Å². The van der Waals surface area contributed by atoms with Crippen LogP contribution in [0.1, 0.15) is 29.0 Å². The molecule has 2 atom stereocenters. The van der Waals surface area contributed by atoms with Gasteiger partial charge in [-0.25, -0.2) is 9.18 Å². The highest BCUT2D eigenvalue weighted by Crippen LogP contribution is 2.57. The van der Waals surface area contributed by atoms with Crippen LogP contribution < -0.4 is 15.1 Å². The van der Waals surface area contributed by atoms with Gasteiger partial charge in [0.2, 0.25) is 0 Å². The lowest BCUT2D eigenvalue weighted by Crippen LogP contribution is -2.48. The summed E-state index contributed by atoms with van der Waals surface area (Å²) in [6, 6.07) is 16.4. The second-order valence-corrected chi connectivity index (χ2v) is 8.50. The summed E-state index contributed by atoms with van der Waals surface area (Å²) in [5.41, 5.74) is 1.60. The van der Waals surface area contributed by atoms with Crippen molar-refractivity contribution in [3.8, 4) is 11.5 Å². The molecule has 6 rings (SSSR count). The van der Waals surface area contributed by atoms with Gasteiger partial charge in [-0.2, -0.15) is 0 Å². The lowest BCUT2D eigenvalue weighted by Gasteiger charge is -2.46. The van der Waals surface area contributed by atoms with E-state index in [-0.39, 0.29) is 12.2 Å². The number of hydrogen-bond donors (Lipinski definition) is 0. The lowest BCUT2D eigenvalue weighted by molar-refractivity contribution is -0.148. The van der Waals surface area contributed by atoms with Gasteiger partial charge in [-0.1, -0.05) is 35.3 Å². The molecule has 0 saturated carbocycles. The SMILES string of the molecule is O=c1oc2ccccc2c2c1[C@H]1C[C@](c3ccc(F)cc3)(Oc3c(Cl)cc(Cl)cc31)O2. The van der Waals surface area contributed by atoms with Crippen LogP contribution in [0, 0.1) is 5.82 Å². The monoisotopic (exact) mass is 454 g/mol. The number of fused-ring (bicyclic) bond motifs is 8. The first-order chi connectivity index (χ1) is 14.9. The molecule has 0 unspecified atom stereocenters. The molecule has 2 aliphatic heterocycles. The summed E-state index contributed by atoms with van der Waals surface area (Å²) < 4.78 is 32.1. The van der Waals surface area contributed by atoms with E-state index in [4.69, 9.17) is 37.1 Å². The minimum Gasteiger partial charge on any atom is -0.447 e. The molecule has 4 aromatic rings. The zero-order chi connectivity index (χ0) is 21.3. The van der Waals surface area contributed by atoms with E-state index in [9.17, 15) is 9.18 Å². The lowest BCUT2D eigenvalue weighted by atomic mass is 9.78. The van der Waals surface area contributed by atoms with E-state index in [1.807, 2.05) is 12.1 Å². The zero-order valence-corrected chi connectivity index (χ0v) is 17.3. The third kappa shape index (κ3) is 2.70. The molecule has 1 aromatic heterocycles. The minimum absolute atomic E-state index is 0.276. The van der Waals surface area contributed by atoms with E-state index in [0.717, 1.165) is 0 Å². The Labute approximate surface area is 185 Å². The van der Waals surface area contributed by atoms with E-state index in [2.05, 4.69) is 0 Å². The molecule has 3 heterocycles. The van der Waals surface area contributed by atoms with Crippen LogP contribution in [0.15, 0.2) is 69.9 Å². The van der Waals surface area contributed by atoms with Crippen molar-refractivity contribution in [1.82, 2.24) is 0 Å².